The molecule has 0 radical (unpaired) electrons. The minimum absolute atomic E-state index is 0.0255. The molecule has 3 saturated carbocycles. The Bertz CT molecular complexity index is 793. The molecule has 3 aliphatic heterocycles. The molecule has 0 bridgehead atoms. The van der Waals surface area contributed by atoms with E-state index in [-0.39, 0.29) is 17.9 Å². The molecule has 0 aromatic rings. The topological polar surface area (TPSA) is 130 Å². The summed E-state index contributed by atoms with van der Waals surface area (Å²) in [6.07, 6.45) is 15.7. The van der Waals surface area contributed by atoms with Crippen molar-refractivity contribution in [2.24, 2.45) is 17.8 Å². The molecule has 0 spiro atoms. The molecular weight excluding hydrogens is 528 g/mol. The Kier molecular flexibility index (Phi) is 19.6. The minimum Gasteiger partial charge on any atom is -0.466 e. The zero-order chi connectivity index (χ0) is 30.5. The highest BCUT2D eigenvalue weighted by atomic mass is 16.5. The number of carbonyl (C=O) groups excluding carboxylic acids is 6. The summed E-state index contributed by atoms with van der Waals surface area (Å²) in [6.45, 7) is 8.16. The van der Waals surface area contributed by atoms with Gasteiger partial charge in [0.1, 0.15) is 17.3 Å². The van der Waals surface area contributed by atoms with Crippen LogP contribution in [0.3, 0.4) is 0 Å². The van der Waals surface area contributed by atoms with Gasteiger partial charge in [0, 0.05) is 57.3 Å². The van der Waals surface area contributed by atoms with Gasteiger partial charge in [-0.2, -0.15) is 0 Å². The lowest BCUT2D eigenvalue weighted by Gasteiger charge is -2.21. The van der Waals surface area contributed by atoms with E-state index in [1.54, 1.807) is 0 Å². The van der Waals surface area contributed by atoms with E-state index >= 15 is 0 Å². The van der Waals surface area contributed by atoms with Crippen LogP contribution in [0.2, 0.25) is 0 Å². The van der Waals surface area contributed by atoms with Crippen molar-refractivity contribution in [1.82, 2.24) is 0 Å². The van der Waals surface area contributed by atoms with Gasteiger partial charge in [0.15, 0.2) is 0 Å². The van der Waals surface area contributed by atoms with Crippen LogP contribution in [0.25, 0.3) is 0 Å². The Morgan fingerprint density at radius 3 is 1.29 bits per heavy atom. The van der Waals surface area contributed by atoms with E-state index in [4.69, 9.17) is 4.74 Å². The van der Waals surface area contributed by atoms with E-state index in [0.717, 1.165) is 89.4 Å². The van der Waals surface area contributed by atoms with E-state index in [1.165, 1.54) is 6.42 Å². The summed E-state index contributed by atoms with van der Waals surface area (Å²) in [6, 6.07) is 0. The van der Waals surface area contributed by atoms with Crippen LogP contribution in [-0.2, 0) is 43.0 Å². The van der Waals surface area contributed by atoms with Gasteiger partial charge in [-0.05, 0) is 63.2 Å². The SMILES string of the molecule is CC1CC(=O)C1.CC1CCCC1=O.CCC1CC(=O)C1.O=C1CCCCCO1.O=C1CCCCO1.O=C1CCCO1. The first-order valence-electron chi connectivity index (χ1n) is 15.6. The molecule has 0 aromatic heterocycles. The van der Waals surface area contributed by atoms with Crippen LogP contribution in [0.4, 0.5) is 0 Å². The summed E-state index contributed by atoms with van der Waals surface area (Å²) in [7, 11) is 0. The Labute approximate surface area is 245 Å². The molecule has 3 aliphatic carbocycles. The van der Waals surface area contributed by atoms with E-state index < -0.39 is 0 Å². The maximum atomic E-state index is 10.6. The molecular formula is C32H52O9. The van der Waals surface area contributed by atoms with Gasteiger partial charge in [0.05, 0.1) is 19.8 Å². The second-order valence-electron chi connectivity index (χ2n) is 11.6. The highest BCUT2D eigenvalue weighted by Gasteiger charge is 2.23. The number of esters is 3. The largest absolute Gasteiger partial charge is 0.466 e. The van der Waals surface area contributed by atoms with Crippen LogP contribution >= 0.6 is 0 Å². The third-order valence-electron chi connectivity index (χ3n) is 7.49. The van der Waals surface area contributed by atoms with Crippen molar-refractivity contribution in [2.75, 3.05) is 19.8 Å². The first kappa shape index (κ1) is 36.4. The van der Waals surface area contributed by atoms with Crippen molar-refractivity contribution in [3.63, 3.8) is 0 Å². The van der Waals surface area contributed by atoms with Crippen LogP contribution in [0.1, 0.15) is 130 Å². The van der Waals surface area contributed by atoms with E-state index in [0.29, 0.717) is 68.3 Å². The highest BCUT2D eigenvalue weighted by molar-refractivity contribution is 5.84. The molecule has 1 unspecified atom stereocenters. The minimum atomic E-state index is -0.0463. The van der Waals surface area contributed by atoms with Gasteiger partial charge < -0.3 is 14.2 Å². The smallest absolute Gasteiger partial charge is 0.305 e. The number of cyclic esters (lactones) is 3. The Morgan fingerprint density at radius 1 is 0.561 bits per heavy atom. The summed E-state index contributed by atoms with van der Waals surface area (Å²) in [4.78, 5) is 61.7. The van der Waals surface area contributed by atoms with Crippen molar-refractivity contribution in [3.05, 3.63) is 0 Å². The van der Waals surface area contributed by atoms with Gasteiger partial charge in [-0.1, -0.05) is 27.2 Å². The first-order chi connectivity index (χ1) is 19.6. The fraction of sp³-hybridized carbons (Fsp3) is 0.812. The fourth-order valence-electron chi connectivity index (χ4n) is 4.49. The average molecular weight is 581 g/mol. The molecule has 9 heteroatoms. The van der Waals surface area contributed by atoms with Crippen molar-refractivity contribution < 1.29 is 43.0 Å². The number of ether oxygens (including phenoxy) is 3. The van der Waals surface area contributed by atoms with Gasteiger partial charge in [0.25, 0.3) is 0 Å². The van der Waals surface area contributed by atoms with Crippen LogP contribution in [0, 0.1) is 17.8 Å². The third-order valence-corrected chi connectivity index (χ3v) is 7.49. The molecule has 6 fully saturated rings. The van der Waals surface area contributed by atoms with E-state index in [1.807, 2.05) is 6.92 Å². The second-order valence-corrected chi connectivity index (χ2v) is 11.6. The monoisotopic (exact) mass is 580 g/mol. The summed E-state index contributed by atoms with van der Waals surface area (Å²) in [5.74, 6) is 3.04. The molecule has 3 saturated heterocycles. The fourth-order valence-corrected chi connectivity index (χ4v) is 4.49. The summed E-state index contributed by atoms with van der Waals surface area (Å²) < 4.78 is 13.9. The maximum Gasteiger partial charge on any atom is 0.305 e. The van der Waals surface area contributed by atoms with Crippen LogP contribution in [-0.4, -0.2) is 55.1 Å². The molecule has 6 rings (SSSR count). The van der Waals surface area contributed by atoms with Crippen molar-refractivity contribution in [1.29, 1.82) is 0 Å². The van der Waals surface area contributed by atoms with Crippen molar-refractivity contribution in [3.8, 4) is 0 Å². The molecule has 0 amide bonds. The number of carbonyl (C=O) groups is 6. The van der Waals surface area contributed by atoms with Gasteiger partial charge in [-0.3, -0.25) is 28.8 Å². The average Bonchev–Trinajstić information content (AvgIpc) is 3.48. The van der Waals surface area contributed by atoms with Crippen molar-refractivity contribution >= 4 is 35.3 Å². The summed E-state index contributed by atoms with van der Waals surface area (Å²) in [5.41, 5.74) is 0. The second kappa shape index (κ2) is 22.1. The lowest BCUT2D eigenvalue weighted by molar-refractivity contribution is -0.147. The van der Waals surface area contributed by atoms with Gasteiger partial charge in [-0.25, -0.2) is 0 Å². The zero-order valence-electron chi connectivity index (χ0n) is 25.5. The van der Waals surface area contributed by atoms with Gasteiger partial charge >= 0.3 is 17.9 Å². The van der Waals surface area contributed by atoms with Gasteiger partial charge in [0.2, 0.25) is 0 Å². The Hall–Kier alpha value is -2.58. The highest BCUT2D eigenvalue weighted by Crippen LogP contribution is 2.25. The lowest BCUT2D eigenvalue weighted by Crippen LogP contribution is -2.21. The van der Waals surface area contributed by atoms with E-state index in [9.17, 15) is 28.8 Å². The number of hydrogen-bond donors (Lipinski definition) is 0. The summed E-state index contributed by atoms with van der Waals surface area (Å²) >= 11 is 0. The zero-order valence-corrected chi connectivity index (χ0v) is 25.5. The molecule has 6 aliphatic rings. The van der Waals surface area contributed by atoms with Crippen molar-refractivity contribution in [2.45, 2.75) is 130 Å². The first-order valence-corrected chi connectivity index (χ1v) is 15.6. The molecule has 234 valence electrons. The molecule has 41 heavy (non-hydrogen) atoms. The molecule has 9 nitrogen and oxygen atoms in total. The normalized spacial score (nSPS) is 23.6. The van der Waals surface area contributed by atoms with Gasteiger partial charge in [-0.15, -0.1) is 0 Å². The van der Waals surface area contributed by atoms with E-state index in [2.05, 4.69) is 23.3 Å². The Balaban J connectivity index is 0.000000247. The Morgan fingerprint density at radius 2 is 1.02 bits per heavy atom. The standard InChI is InChI=1S/C6H10O2.2C6H10O.C5H8O2.C5H8O.C4H6O2/c7-6-4-2-1-3-5-8-6;1-5-3-2-4-6(5)7;1-2-5-3-6(7)4-5;6-5-3-1-2-4-7-5;1-4-2-5(6)3-4;5-4-2-1-3-6-4/h1-5H2;2*5H,2-4H2,1H3;1-4H2;4H,2-3H2,1H3;1-3H2. The van der Waals surface area contributed by atoms with Crippen LogP contribution in [0.15, 0.2) is 0 Å². The molecule has 0 N–H and O–H groups in total. The number of Topliss-reactive ketones (excluding diaryl/α,β-unsaturated/α-hetero) is 3. The summed E-state index contributed by atoms with van der Waals surface area (Å²) in [5, 5.41) is 0. The molecule has 0 aromatic carbocycles. The number of rotatable bonds is 1. The predicted molar refractivity (Wildman–Crippen MR) is 154 cm³/mol. The van der Waals surface area contributed by atoms with Crippen LogP contribution in [0.5, 0.6) is 0 Å². The maximum absolute atomic E-state index is 10.6. The quantitative estimate of drug-likeness (QED) is 0.276. The molecule has 1 atom stereocenters. The van der Waals surface area contributed by atoms with Crippen LogP contribution < -0.4 is 0 Å². The number of ketones is 3. The lowest BCUT2D eigenvalue weighted by atomic mass is 9.82. The third kappa shape index (κ3) is 19.2. The predicted octanol–water partition coefficient (Wildman–Crippen LogP) is 5.88. The number of hydrogen-bond acceptors (Lipinski definition) is 9. The molecule has 3 heterocycles.